The van der Waals surface area contributed by atoms with Gasteiger partial charge in [-0.1, -0.05) is 0 Å². The first-order valence-corrected chi connectivity index (χ1v) is 7.04. The molecular formula is CH31N27. The van der Waals surface area contributed by atoms with E-state index in [1.165, 1.54) is 0 Å². The lowest BCUT2D eigenvalue weighted by Gasteiger charge is -2.15. The molecule has 0 unspecified atom stereocenters. The normalized spacial score (nSPS) is 11.4. The maximum atomic E-state index is 4.92. The smallest absolute Gasteiger partial charge is 0.000111 e. The van der Waals surface area contributed by atoms with Gasteiger partial charge in [0.1, 0.15) is 0 Å². The summed E-state index contributed by atoms with van der Waals surface area (Å²) in [6, 6.07) is 0. The Morgan fingerprint density at radius 2 is 0.464 bits per heavy atom. The molecule has 0 spiro atoms. The fourth-order valence-electron chi connectivity index (χ4n) is 0.786. The van der Waals surface area contributed by atoms with Crippen LogP contribution in [0.4, 0.5) is 0 Å². The Morgan fingerprint density at radius 3 is 0.643 bits per heavy atom. The summed E-state index contributed by atoms with van der Waals surface area (Å²) in [5.41, 5.74) is 64.4. The van der Waals surface area contributed by atoms with Crippen molar-refractivity contribution in [3.63, 3.8) is 0 Å². The molecule has 0 saturated carbocycles. The van der Waals surface area contributed by atoms with Gasteiger partial charge in [0.25, 0.3) is 0 Å². The summed E-state index contributed by atoms with van der Waals surface area (Å²) in [7, 11) is 1.69. The van der Waals surface area contributed by atoms with Crippen LogP contribution in [0.25, 0.3) is 0 Å². The Bertz CT molecular complexity index is 225. The highest BCUT2D eigenvalue weighted by Gasteiger charge is 1.84. The summed E-state index contributed by atoms with van der Waals surface area (Å²) in [6.45, 7) is 0. The van der Waals surface area contributed by atoms with Crippen molar-refractivity contribution in [2.24, 2.45) is 5.84 Å². The molecule has 0 saturated heterocycles. The van der Waals surface area contributed by atoms with Crippen molar-refractivity contribution in [3.05, 3.63) is 0 Å². The summed E-state index contributed by atoms with van der Waals surface area (Å²) in [5, 5.41) is 0. The molecule has 0 amide bonds. The third-order valence-electron chi connectivity index (χ3n) is 1.63. The second-order valence-corrected chi connectivity index (χ2v) is 3.39. The minimum absolute atomic E-state index is 1.69. The maximum Gasteiger partial charge on any atom is -0.000111 e. The maximum absolute atomic E-state index is 4.92. The lowest BCUT2D eigenvalue weighted by Crippen LogP contribution is -2.70. The van der Waals surface area contributed by atoms with E-state index in [0.717, 1.165) is 0 Å². The molecule has 28 N–H and O–H groups in total. The van der Waals surface area contributed by atoms with Gasteiger partial charge in [-0.25, -0.2) is 5.43 Å². The molecule has 0 aromatic rings. The van der Waals surface area contributed by atoms with Crippen LogP contribution in [0.1, 0.15) is 0 Å². The molecule has 0 heterocycles. The number of hydrogen-bond donors (Lipinski definition) is 27. The van der Waals surface area contributed by atoms with Crippen molar-refractivity contribution < 1.29 is 0 Å². The van der Waals surface area contributed by atoms with Crippen molar-refractivity contribution in [1.29, 1.82) is 0 Å². The second-order valence-electron chi connectivity index (χ2n) is 3.39. The molecular weight excluding hydrogens is 390 g/mol. The fourth-order valence-corrected chi connectivity index (χ4v) is 0.786. The molecule has 0 aliphatic heterocycles. The van der Waals surface area contributed by atoms with Crippen molar-refractivity contribution in [2.45, 2.75) is 0 Å². The van der Waals surface area contributed by atoms with Gasteiger partial charge < -0.3 is 0 Å². The van der Waals surface area contributed by atoms with Crippen molar-refractivity contribution in [1.82, 2.24) is 144 Å². The van der Waals surface area contributed by atoms with Gasteiger partial charge in [0, 0.05) is 0 Å². The van der Waals surface area contributed by atoms with Gasteiger partial charge in [-0.2, -0.15) is 138 Å². The summed E-state index contributed by atoms with van der Waals surface area (Å²) >= 11 is 0. The number of hydrogen-bond acceptors (Lipinski definition) is 27. The zero-order chi connectivity index (χ0) is 20.4. The van der Waals surface area contributed by atoms with Crippen LogP contribution < -0.4 is 150 Å². The molecule has 0 rings (SSSR count). The summed E-state index contributed by atoms with van der Waals surface area (Å²) < 4.78 is 0. The first-order chi connectivity index (χ1) is 13.9. The van der Waals surface area contributed by atoms with Crippen molar-refractivity contribution >= 4 is 0 Å². The average molecular weight is 421 g/mol. The van der Waals surface area contributed by atoms with Crippen LogP contribution in [-0.4, -0.2) is 7.05 Å². The lowest BCUT2D eigenvalue weighted by molar-refractivity contribution is 0.186. The predicted molar refractivity (Wildman–Crippen MR) is 91.6 cm³/mol. The molecule has 0 aliphatic rings. The van der Waals surface area contributed by atoms with Gasteiger partial charge in [-0.3, -0.25) is 5.84 Å². The van der Waals surface area contributed by atoms with Gasteiger partial charge in [-0.05, 0) is 7.05 Å². The lowest BCUT2D eigenvalue weighted by atomic mass is 11.5. The van der Waals surface area contributed by atoms with Crippen molar-refractivity contribution in [3.8, 4) is 0 Å². The highest BCUT2D eigenvalue weighted by Crippen LogP contribution is 1.30. The van der Waals surface area contributed by atoms with Crippen LogP contribution in [0.5, 0.6) is 0 Å². The quantitative estimate of drug-likeness (QED) is 0.0369. The highest BCUT2D eigenvalue weighted by atomic mass is 16.0. The van der Waals surface area contributed by atoms with Crippen LogP contribution in [0.15, 0.2) is 0 Å². The number of hydrazine groups is 26. The number of rotatable bonds is 25. The zero-order valence-corrected chi connectivity index (χ0v) is 14.6. The van der Waals surface area contributed by atoms with E-state index in [4.69, 9.17) is 5.84 Å². The monoisotopic (exact) mass is 421 g/mol. The Morgan fingerprint density at radius 1 is 0.286 bits per heavy atom. The Labute approximate surface area is 158 Å². The molecule has 0 atom stereocenters. The second kappa shape index (κ2) is 25.9. The SMILES string of the molecule is CNNNNNNNNNNNNNNNNNNNNNNNNNNN. The van der Waals surface area contributed by atoms with E-state index in [-0.39, 0.29) is 0 Å². The summed E-state index contributed by atoms with van der Waals surface area (Å²) in [5.74, 6) is 4.92. The standard InChI is InChI=1S/CH31N27/c1-3-5-7-9-11-13-15-17-19-21-23-25-27-28-26-24-22-20-18-16-14-12-10-8-6-4-2/h3-28H,2H2,1H3. The molecule has 27 heteroatoms. The van der Waals surface area contributed by atoms with E-state index in [1.807, 2.05) is 0 Å². The fraction of sp³-hybridized carbons (Fsp3) is 1.00. The Kier molecular flexibility index (Phi) is 24.9. The topological polar surface area (TPSA) is 339 Å². The summed E-state index contributed by atoms with van der Waals surface area (Å²) in [6.07, 6.45) is 0. The zero-order valence-electron chi connectivity index (χ0n) is 14.6. The molecule has 0 bridgehead atoms. The van der Waals surface area contributed by atoms with E-state index in [1.54, 1.807) is 7.05 Å². The van der Waals surface area contributed by atoms with Gasteiger partial charge >= 0.3 is 0 Å². The van der Waals surface area contributed by atoms with E-state index in [2.05, 4.69) is 144 Å². The molecule has 0 aromatic heterocycles. The van der Waals surface area contributed by atoms with Crippen LogP contribution >= 0.6 is 0 Å². The molecule has 28 heavy (non-hydrogen) atoms. The van der Waals surface area contributed by atoms with Crippen LogP contribution in [0.2, 0.25) is 0 Å². The van der Waals surface area contributed by atoms with Crippen LogP contribution in [-0.2, 0) is 0 Å². The van der Waals surface area contributed by atoms with Gasteiger partial charge in [0.2, 0.25) is 0 Å². The first kappa shape index (κ1) is 26.9. The summed E-state index contributed by atoms with van der Waals surface area (Å²) in [4.78, 5) is 0. The molecule has 170 valence electrons. The predicted octanol–water partition coefficient (Wildman–Crippen LogP) is -13.3. The number of nitrogens with one attached hydrogen (secondary N) is 26. The molecule has 0 radical (unpaired) electrons. The van der Waals surface area contributed by atoms with Crippen LogP contribution in [0.3, 0.4) is 0 Å². The van der Waals surface area contributed by atoms with E-state index in [9.17, 15) is 0 Å². The third kappa shape index (κ3) is 24.9. The van der Waals surface area contributed by atoms with E-state index < -0.39 is 0 Å². The van der Waals surface area contributed by atoms with Crippen molar-refractivity contribution in [2.75, 3.05) is 7.05 Å². The van der Waals surface area contributed by atoms with E-state index >= 15 is 0 Å². The molecule has 27 nitrogen and oxygen atoms in total. The minimum Gasteiger partial charge on any atom is -0.257 e. The van der Waals surface area contributed by atoms with Gasteiger partial charge in [0.15, 0.2) is 0 Å². The molecule has 0 aromatic carbocycles. The molecule has 0 aliphatic carbocycles. The highest BCUT2D eigenvalue weighted by molar-refractivity contribution is 4.18. The first-order valence-electron chi connectivity index (χ1n) is 7.04. The minimum atomic E-state index is 1.69. The Hall–Kier alpha value is -1.08. The van der Waals surface area contributed by atoms with Gasteiger partial charge in [-0.15, -0.1) is 0 Å². The average Bonchev–Trinajstić information content (AvgIpc) is 2.71. The number of nitrogens with two attached hydrogens (primary N) is 1. The Balaban J connectivity index is 2.96. The van der Waals surface area contributed by atoms with Gasteiger partial charge in [0.05, 0.1) is 0 Å². The largest absolute Gasteiger partial charge is 0.257 e. The van der Waals surface area contributed by atoms with E-state index in [0.29, 0.717) is 0 Å². The molecule has 0 fully saturated rings. The third-order valence-corrected chi connectivity index (χ3v) is 1.63. The van der Waals surface area contributed by atoms with Crippen LogP contribution in [0, 0.1) is 0 Å².